The van der Waals surface area contributed by atoms with Crippen molar-refractivity contribution in [2.45, 2.75) is 20.4 Å². The molecule has 0 saturated heterocycles. The smallest absolute Gasteiger partial charge is 0.275 e. The zero-order valence-corrected chi connectivity index (χ0v) is 16.6. The van der Waals surface area contributed by atoms with Gasteiger partial charge in [0.1, 0.15) is 12.3 Å². The lowest BCUT2D eigenvalue weighted by atomic mass is 10.0. The molecule has 0 radical (unpaired) electrons. The van der Waals surface area contributed by atoms with Gasteiger partial charge in [0, 0.05) is 10.9 Å². The van der Waals surface area contributed by atoms with Gasteiger partial charge >= 0.3 is 0 Å². The fourth-order valence-corrected chi connectivity index (χ4v) is 3.15. The fourth-order valence-electron chi connectivity index (χ4n) is 3.15. The molecule has 0 aliphatic carbocycles. The number of carbonyl (C=O) groups is 1. The second kappa shape index (κ2) is 8.16. The molecule has 0 aliphatic heterocycles. The second-order valence-electron chi connectivity index (χ2n) is 6.96. The number of hydrogen-bond donors (Lipinski definition) is 1. The van der Waals surface area contributed by atoms with E-state index >= 15 is 0 Å². The van der Waals surface area contributed by atoms with Gasteiger partial charge in [0.05, 0.1) is 23.6 Å². The van der Waals surface area contributed by atoms with Crippen molar-refractivity contribution < 1.29 is 9.21 Å². The van der Waals surface area contributed by atoms with Gasteiger partial charge in [0.2, 0.25) is 0 Å². The summed E-state index contributed by atoms with van der Waals surface area (Å²) in [6.45, 7) is 3.82. The molecule has 0 fully saturated rings. The Kier molecular flexibility index (Phi) is 5.26. The van der Waals surface area contributed by atoms with E-state index < -0.39 is 5.91 Å². The van der Waals surface area contributed by atoms with Gasteiger partial charge in [-0.15, -0.1) is 0 Å². The van der Waals surface area contributed by atoms with Crippen molar-refractivity contribution in [3.05, 3.63) is 88.1 Å². The summed E-state index contributed by atoms with van der Waals surface area (Å²) in [5.74, 6) is 0.0436. The Balaban J connectivity index is 1.69. The summed E-state index contributed by atoms with van der Waals surface area (Å²) >= 11 is 0. The van der Waals surface area contributed by atoms with Crippen LogP contribution in [0, 0.1) is 13.8 Å². The standard InChI is InChI=1S/C23H20N4O3/c1-15-9-10-17(12-16(15)2)22-19-7-3-4-8-20(19)23(29)27(26-22)14-21(28)25-24-13-18-6-5-11-30-18/h3-13H,14H2,1-2H3,(H,25,28)/b24-13+. The number of benzene rings is 2. The molecule has 7 nitrogen and oxygen atoms in total. The fraction of sp³-hybridized carbons (Fsp3) is 0.130. The van der Waals surface area contributed by atoms with Crippen LogP contribution in [0.15, 0.2) is 75.2 Å². The van der Waals surface area contributed by atoms with Gasteiger partial charge in [-0.2, -0.15) is 10.2 Å². The molecular formula is C23H20N4O3. The highest BCUT2D eigenvalue weighted by molar-refractivity contribution is 5.94. The van der Waals surface area contributed by atoms with E-state index in [1.54, 1.807) is 24.3 Å². The minimum absolute atomic E-state index is 0.253. The van der Waals surface area contributed by atoms with Crippen molar-refractivity contribution >= 4 is 22.9 Å². The Bertz CT molecular complexity index is 1300. The van der Waals surface area contributed by atoms with Gasteiger partial charge in [-0.3, -0.25) is 9.59 Å². The number of aromatic nitrogens is 2. The third-order valence-electron chi connectivity index (χ3n) is 4.87. The van der Waals surface area contributed by atoms with E-state index in [0.717, 1.165) is 16.5 Å². The minimum Gasteiger partial charge on any atom is -0.463 e. The number of hydrazone groups is 1. The van der Waals surface area contributed by atoms with E-state index in [4.69, 9.17) is 4.42 Å². The molecule has 0 saturated carbocycles. The first-order valence-electron chi connectivity index (χ1n) is 9.46. The van der Waals surface area contributed by atoms with Gasteiger partial charge in [-0.25, -0.2) is 10.1 Å². The average Bonchev–Trinajstić information content (AvgIpc) is 3.26. The predicted octanol–water partition coefficient (Wildman–Crippen LogP) is 3.42. The topological polar surface area (TPSA) is 89.5 Å². The molecule has 2 aromatic carbocycles. The van der Waals surface area contributed by atoms with Gasteiger partial charge in [0.15, 0.2) is 0 Å². The van der Waals surface area contributed by atoms with Crippen molar-refractivity contribution in [2.24, 2.45) is 5.10 Å². The maximum Gasteiger partial charge on any atom is 0.275 e. The number of carbonyl (C=O) groups excluding carboxylic acids is 1. The van der Waals surface area contributed by atoms with Crippen LogP contribution >= 0.6 is 0 Å². The molecule has 1 N–H and O–H groups in total. The van der Waals surface area contributed by atoms with Gasteiger partial charge in [0.25, 0.3) is 11.5 Å². The van der Waals surface area contributed by atoms with Gasteiger partial charge in [-0.05, 0) is 49.2 Å². The van der Waals surface area contributed by atoms with Crippen LogP contribution in [0.5, 0.6) is 0 Å². The zero-order valence-electron chi connectivity index (χ0n) is 16.6. The van der Waals surface area contributed by atoms with E-state index in [2.05, 4.69) is 15.6 Å². The van der Waals surface area contributed by atoms with E-state index in [0.29, 0.717) is 16.8 Å². The highest BCUT2D eigenvalue weighted by Crippen LogP contribution is 2.26. The zero-order chi connectivity index (χ0) is 21.1. The Morgan fingerprint density at radius 3 is 2.63 bits per heavy atom. The van der Waals surface area contributed by atoms with Crippen LogP contribution in [-0.2, 0) is 11.3 Å². The van der Waals surface area contributed by atoms with Gasteiger partial charge < -0.3 is 4.42 Å². The van der Waals surface area contributed by atoms with Crippen LogP contribution in [-0.4, -0.2) is 21.9 Å². The Morgan fingerprint density at radius 1 is 1.10 bits per heavy atom. The summed E-state index contributed by atoms with van der Waals surface area (Å²) in [5.41, 5.74) is 5.90. The molecule has 4 aromatic rings. The molecule has 0 unspecified atom stereocenters. The largest absolute Gasteiger partial charge is 0.463 e. The van der Waals surface area contributed by atoms with Crippen molar-refractivity contribution in [1.29, 1.82) is 0 Å². The number of nitrogens with one attached hydrogen (secondary N) is 1. The minimum atomic E-state index is -0.464. The molecule has 4 rings (SSSR count). The summed E-state index contributed by atoms with van der Waals surface area (Å²) in [6.07, 6.45) is 2.89. The first kappa shape index (κ1) is 19.3. The average molecular weight is 400 g/mol. The normalized spacial score (nSPS) is 11.3. The number of hydrogen-bond acceptors (Lipinski definition) is 5. The highest BCUT2D eigenvalue weighted by atomic mass is 16.3. The van der Waals surface area contributed by atoms with Crippen molar-refractivity contribution in [3.8, 4) is 11.3 Å². The van der Waals surface area contributed by atoms with E-state index in [1.165, 1.54) is 22.7 Å². The molecule has 0 bridgehead atoms. The van der Waals surface area contributed by atoms with Crippen LogP contribution in [0.25, 0.3) is 22.0 Å². The Morgan fingerprint density at radius 2 is 1.90 bits per heavy atom. The third-order valence-corrected chi connectivity index (χ3v) is 4.87. The number of nitrogens with zero attached hydrogens (tertiary/aromatic N) is 3. The first-order chi connectivity index (χ1) is 14.5. The second-order valence-corrected chi connectivity index (χ2v) is 6.96. The lowest BCUT2D eigenvalue weighted by molar-refractivity contribution is -0.121. The number of rotatable bonds is 5. The van der Waals surface area contributed by atoms with Crippen molar-refractivity contribution in [1.82, 2.24) is 15.2 Å². The molecular weight excluding hydrogens is 380 g/mol. The Labute approximate surface area is 172 Å². The summed E-state index contributed by atoms with van der Waals surface area (Å²) in [4.78, 5) is 25.2. The van der Waals surface area contributed by atoms with Crippen molar-refractivity contribution in [2.75, 3.05) is 0 Å². The van der Waals surface area contributed by atoms with Crippen LogP contribution in [0.1, 0.15) is 16.9 Å². The lowest BCUT2D eigenvalue weighted by Gasteiger charge is -2.12. The molecule has 2 aromatic heterocycles. The molecule has 7 heteroatoms. The van der Waals surface area contributed by atoms with Crippen LogP contribution in [0.2, 0.25) is 0 Å². The molecule has 2 heterocycles. The van der Waals surface area contributed by atoms with E-state index in [1.807, 2.05) is 44.2 Å². The van der Waals surface area contributed by atoms with Gasteiger partial charge in [-0.1, -0.05) is 30.3 Å². The van der Waals surface area contributed by atoms with Crippen LogP contribution < -0.4 is 11.0 Å². The quantitative estimate of drug-likeness (QED) is 0.411. The highest BCUT2D eigenvalue weighted by Gasteiger charge is 2.14. The lowest BCUT2D eigenvalue weighted by Crippen LogP contribution is -2.32. The molecule has 0 spiro atoms. The van der Waals surface area contributed by atoms with Crippen LogP contribution in [0.4, 0.5) is 0 Å². The molecule has 30 heavy (non-hydrogen) atoms. The first-order valence-corrected chi connectivity index (χ1v) is 9.46. The summed E-state index contributed by atoms with van der Waals surface area (Å²) in [5, 5.41) is 9.61. The summed E-state index contributed by atoms with van der Waals surface area (Å²) in [7, 11) is 0. The SMILES string of the molecule is Cc1ccc(-c2nn(CC(=O)N/N=C/c3ccco3)c(=O)c3ccccc23)cc1C. The molecule has 0 atom stereocenters. The number of amides is 1. The third kappa shape index (κ3) is 3.91. The maximum atomic E-state index is 12.9. The predicted molar refractivity (Wildman–Crippen MR) is 115 cm³/mol. The monoisotopic (exact) mass is 400 g/mol. The molecule has 0 aliphatic rings. The van der Waals surface area contributed by atoms with E-state index in [9.17, 15) is 9.59 Å². The molecule has 150 valence electrons. The summed E-state index contributed by atoms with van der Waals surface area (Å²) < 4.78 is 6.29. The number of furan rings is 1. The van der Waals surface area contributed by atoms with Crippen molar-refractivity contribution in [3.63, 3.8) is 0 Å². The molecule has 1 amide bonds. The number of aryl methyl sites for hydroxylation is 2. The Hall–Kier alpha value is -4.00. The summed E-state index contributed by atoms with van der Waals surface area (Å²) in [6, 6.07) is 16.7. The van der Waals surface area contributed by atoms with Crippen LogP contribution in [0.3, 0.4) is 0 Å². The number of fused-ring (bicyclic) bond motifs is 1. The maximum absolute atomic E-state index is 12.9. The van der Waals surface area contributed by atoms with E-state index in [-0.39, 0.29) is 12.1 Å².